The Labute approximate surface area is 156 Å². The molecule has 1 unspecified atom stereocenters. The Bertz CT molecular complexity index is 998. The predicted molar refractivity (Wildman–Crippen MR) is 103 cm³/mol. The van der Waals surface area contributed by atoms with Gasteiger partial charge in [0.25, 0.3) is 0 Å². The standard InChI is InChI=1S/C21H17N3OS/c22-14-16-7-2-1-6-15(16)11-12-20(25)24-13-5-9-18(24)21-23-17-8-3-4-10-19(17)26-21/h1-4,6-8,10-12,18H,5,9,13H2. The number of para-hydroxylation sites is 1. The van der Waals surface area contributed by atoms with Crippen LogP contribution in [0.4, 0.5) is 0 Å². The van der Waals surface area contributed by atoms with Crippen LogP contribution in [0.15, 0.2) is 54.6 Å². The van der Waals surface area contributed by atoms with Crippen molar-refractivity contribution in [1.82, 2.24) is 9.88 Å². The lowest BCUT2D eigenvalue weighted by Crippen LogP contribution is -2.28. The fourth-order valence-electron chi connectivity index (χ4n) is 3.32. The quantitative estimate of drug-likeness (QED) is 0.645. The fraction of sp³-hybridized carbons (Fsp3) is 0.190. The first kappa shape index (κ1) is 16.5. The van der Waals surface area contributed by atoms with Gasteiger partial charge >= 0.3 is 0 Å². The molecule has 4 nitrogen and oxygen atoms in total. The van der Waals surface area contributed by atoms with E-state index in [1.807, 2.05) is 41.3 Å². The number of hydrogen-bond acceptors (Lipinski definition) is 4. The van der Waals surface area contributed by atoms with Gasteiger partial charge in [-0.2, -0.15) is 5.26 Å². The topological polar surface area (TPSA) is 57.0 Å². The molecule has 1 aliphatic rings. The highest BCUT2D eigenvalue weighted by Crippen LogP contribution is 2.36. The van der Waals surface area contributed by atoms with Gasteiger partial charge in [0, 0.05) is 12.6 Å². The number of carbonyl (C=O) groups excluding carboxylic acids is 1. The molecule has 1 saturated heterocycles. The highest BCUT2D eigenvalue weighted by atomic mass is 32.1. The zero-order chi connectivity index (χ0) is 17.9. The third-order valence-corrected chi connectivity index (χ3v) is 5.76. The normalized spacial score (nSPS) is 17.0. The molecule has 5 heteroatoms. The molecule has 2 heterocycles. The summed E-state index contributed by atoms with van der Waals surface area (Å²) in [6.07, 6.45) is 5.22. The maximum absolute atomic E-state index is 12.8. The SMILES string of the molecule is N#Cc1ccccc1C=CC(=O)N1CCCC1c1nc2ccccc2s1. The Balaban J connectivity index is 1.57. The van der Waals surface area contributed by atoms with Gasteiger partial charge in [0.05, 0.1) is 27.9 Å². The average Bonchev–Trinajstić information content (AvgIpc) is 3.32. The van der Waals surface area contributed by atoms with E-state index in [1.165, 1.54) is 0 Å². The molecule has 1 fully saturated rings. The number of nitriles is 1. The highest BCUT2D eigenvalue weighted by molar-refractivity contribution is 7.18. The zero-order valence-electron chi connectivity index (χ0n) is 14.1. The lowest BCUT2D eigenvalue weighted by molar-refractivity contribution is -0.126. The van der Waals surface area contributed by atoms with Crippen molar-refractivity contribution in [3.63, 3.8) is 0 Å². The van der Waals surface area contributed by atoms with Gasteiger partial charge in [0.15, 0.2) is 0 Å². The molecule has 4 rings (SSSR count). The molecule has 26 heavy (non-hydrogen) atoms. The van der Waals surface area contributed by atoms with Crippen LogP contribution in [0.2, 0.25) is 0 Å². The molecule has 0 aliphatic carbocycles. The molecule has 1 amide bonds. The first-order valence-corrected chi connectivity index (χ1v) is 9.41. The van der Waals surface area contributed by atoms with Crippen LogP contribution in [0.5, 0.6) is 0 Å². The summed E-state index contributed by atoms with van der Waals surface area (Å²) in [5.74, 6) is -0.0282. The van der Waals surface area contributed by atoms with Gasteiger partial charge in [-0.05, 0) is 42.7 Å². The summed E-state index contributed by atoms with van der Waals surface area (Å²) >= 11 is 1.66. The number of thiazole rings is 1. The van der Waals surface area contributed by atoms with E-state index in [1.54, 1.807) is 29.6 Å². The number of nitrogens with zero attached hydrogens (tertiary/aromatic N) is 3. The molecule has 1 aromatic heterocycles. The van der Waals surface area contributed by atoms with E-state index in [0.717, 1.165) is 40.2 Å². The van der Waals surface area contributed by atoms with Crippen molar-refractivity contribution in [3.05, 3.63) is 70.7 Å². The molecule has 0 spiro atoms. The van der Waals surface area contributed by atoms with Crippen LogP contribution < -0.4 is 0 Å². The Morgan fingerprint density at radius 3 is 2.88 bits per heavy atom. The zero-order valence-corrected chi connectivity index (χ0v) is 14.9. The Morgan fingerprint density at radius 2 is 2.04 bits per heavy atom. The van der Waals surface area contributed by atoms with Crippen LogP contribution in [0.1, 0.15) is 35.0 Å². The van der Waals surface area contributed by atoms with E-state index in [4.69, 9.17) is 10.2 Å². The van der Waals surface area contributed by atoms with Crippen LogP contribution in [0.3, 0.4) is 0 Å². The number of fused-ring (bicyclic) bond motifs is 1. The molecule has 3 aromatic rings. The number of amides is 1. The van der Waals surface area contributed by atoms with E-state index < -0.39 is 0 Å². The van der Waals surface area contributed by atoms with Crippen molar-refractivity contribution in [2.75, 3.05) is 6.54 Å². The monoisotopic (exact) mass is 359 g/mol. The second-order valence-corrected chi connectivity index (χ2v) is 7.30. The van der Waals surface area contributed by atoms with Crippen LogP contribution >= 0.6 is 11.3 Å². The molecular formula is C21H17N3OS. The minimum Gasteiger partial charge on any atom is -0.330 e. The summed E-state index contributed by atoms with van der Waals surface area (Å²) in [5.41, 5.74) is 2.32. The van der Waals surface area contributed by atoms with Gasteiger partial charge in [-0.1, -0.05) is 30.3 Å². The summed E-state index contributed by atoms with van der Waals surface area (Å²) in [4.78, 5) is 19.4. The molecule has 0 saturated carbocycles. The first-order chi connectivity index (χ1) is 12.8. The van der Waals surface area contributed by atoms with Crippen LogP contribution in [0, 0.1) is 11.3 Å². The summed E-state index contributed by atoms with van der Waals surface area (Å²) in [5, 5.41) is 10.2. The number of likely N-dealkylation sites (tertiary alicyclic amines) is 1. The Hall–Kier alpha value is -2.97. The van der Waals surface area contributed by atoms with Crippen LogP contribution in [0.25, 0.3) is 16.3 Å². The van der Waals surface area contributed by atoms with Gasteiger partial charge in [-0.15, -0.1) is 11.3 Å². The van der Waals surface area contributed by atoms with E-state index in [-0.39, 0.29) is 11.9 Å². The van der Waals surface area contributed by atoms with Crippen molar-refractivity contribution in [1.29, 1.82) is 5.26 Å². The van der Waals surface area contributed by atoms with Gasteiger partial charge in [-0.3, -0.25) is 4.79 Å². The molecule has 0 bridgehead atoms. The third kappa shape index (κ3) is 3.12. The van der Waals surface area contributed by atoms with Crippen molar-refractivity contribution < 1.29 is 4.79 Å². The van der Waals surface area contributed by atoms with Gasteiger partial charge in [-0.25, -0.2) is 4.98 Å². The van der Waals surface area contributed by atoms with Gasteiger partial charge < -0.3 is 4.90 Å². The Kier molecular flexibility index (Phi) is 4.51. The highest BCUT2D eigenvalue weighted by Gasteiger charge is 2.31. The maximum Gasteiger partial charge on any atom is 0.247 e. The molecule has 2 aromatic carbocycles. The number of rotatable bonds is 3. The minimum absolute atomic E-state index is 0.0282. The molecular weight excluding hydrogens is 342 g/mol. The number of hydrogen-bond donors (Lipinski definition) is 0. The van der Waals surface area contributed by atoms with Crippen LogP contribution in [-0.2, 0) is 4.79 Å². The number of benzene rings is 2. The smallest absolute Gasteiger partial charge is 0.247 e. The van der Waals surface area contributed by atoms with Crippen molar-refractivity contribution in [2.45, 2.75) is 18.9 Å². The van der Waals surface area contributed by atoms with Crippen LogP contribution in [-0.4, -0.2) is 22.3 Å². The molecule has 128 valence electrons. The lowest BCUT2D eigenvalue weighted by atomic mass is 10.1. The summed E-state index contributed by atoms with van der Waals surface area (Å²) < 4.78 is 1.15. The second-order valence-electron chi connectivity index (χ2n) is 6.24. The largest absolute Gasteiger partial charge is 0.330 e. The fourth-order valence-corrected chi connectivity index (χ4v) is 4.44. The van der Waals surface area contributed by atoms with Crippen molar-refractivity contribution >= 4 is 33.5 Å². The van der Waals surface area contributed by atoms with E-state index in [2.05, 4.69) is 12.1 Å². The summed E-state index contributed by atoms with van der Waals surface area (Å²) in [7, 11) is 0. The third-order valence-electron chi connectivity index (χ3n) is 4.62. The number of carbonyl (C=O) groups is 1. The first-order valence-electron chi connectivity index (χ1n) is 8.59. The summed E-state index contributed by atoms with van der Waals surface area (Å²) in [6.45, 7) is 0.740. The number of aromatic nitrogens is 1. The average molecular weight is 359 g/mol. The van der Waals surface area contributed by atoms with E-state index in [9.17, 15) is 4.79 Å². The van der Waals surface area contributed by atoms with Crippen molar-refractivity contribution in [3.8, 4) is 6.07 Å². The summed E-state index contributed by atoms with van der Waals surface area (Å²) in [6, 6.07) is 17.5. The Morgan fingerprint density at radius 1 is 1.23 bits per heavy atom. The second kappa shape index (κ2) is 7.11. The molecule has 0 N–H and O–H groups in total. The maximum atomic E-state index is 12.8. The molecule has 1 atom stereocenters. The van der Waals surface area contributed by atoms with Gasteiger partial charge in [0.2, 0.25) is 5.91 Å². The molecule has 1 aliphatic heterocycles. The minimum atomic E-state index is -0.0282. The van der Waals surface area contributed by atoms with E-state index >= 15 is 0 Å². The van der Waals surface area contributed by atoms with Crippen molar-refractivity contribution in [2.24, 2.45) is 0 Å². The lowest BCUT2D eigenvalue weighted by Gasteiger charge is -2.21. The molecule has 0 radical (unpaired) electrons. The predicted octanol–water partition coefficient (Wildman–Crippen LogP) is 4.54. The van der Waals surface area contributed by atoms with E-state index in [0.29, 0.717) is 5.56 Å². The van der Waals surface area contributed by atoms with Gasteiger partial charge in [0.1, 0.15) is 5.01 Å².